The predicted octanol–water partition coefficient (Wildman–Crippen LogP) is 1.98. The molecule has 23 heavy (non-hydrogen) atoms. The van der Waals surface area contributed by atoms with Crippen molar-refractivity contribution in [1.82, 2.24) is 30.0 Å². The molecule has 0 spiro atoms. The zero-order chi connectivity index (χ0) is 16.9. The Morgan fingerprint density at radius 1 is 1.35 bits per heavy atom. The second kappa shape index (κ2) is 7.42. The Labute approximate surface area is 132 Å². The molecule has 128 valence electrons. The summed E-state index contributed by atoms with van der Waals surface area (Å²) in [5.74, 6) is -0.0884. The summed E-state index contributed by atoms with van der Waals surface area (Å²) in [6.45, 7) is 3.11. The third-order valence-electron chi connectivity index (χ3n) is 3.61. The minimum atomic E-state index is -4.18. The number of anilines is 1. The summed E-state index contributed by atoms with van der Waals surface area (Å²) in [6, 6.07) is 1.83. The molecular weight excluding hydrogens is 311 g/mol. The summed E-state index contributed by atoms with van der Waals surface area (Å²) in [4.78, 5) is 1.81. The Morgan fingerprint density at radius 3 is 2.74 bits per heavy atom. The first-order valence-electron chi connectivity index (χ1n) is 7.40. The van der Waals surface area contributed by atoms with Crippen LogP contribution in [0.3, 0.4) is 0 Å². The highest BCUT2D eigenvalue weighted by molar-refractivity contribution is 5.25. The van der Waals surface area contributed by atoms with E-state index in [0.717, 1.165) is 0 Å². The number of halogens is 3. The second-order valence-corrected chi connectivity index (χ2v) is 5.45. The highest BCUT2D eigenvalue weighted by atomic mass is 19.4. The maximum Gasteiger partial charge on any atom is 0.389 e. The second-order valence-electron chi connectivity index (χ2n) is 5.45. The molecule has 10 heteroatoms. The van der Waals surface area contributed by atoms with Gasteiger partial charge in [-0.15, -0.1) is 0 Å². The van der Waals surface area contributed by atoms with Crippen LogP contribution < -0.4 is 4.90 Å². The Morgan fingerprint density at radius 2 is 2.13 bits per heavy atom. The third-order valence-corrected chi connectivity index (χ3v) is 3.61. The molecule has 2 aromatic rings. The smallest absolute Gasteiger partial charge is 0.341 e. The summed E-state index contributed by atoms with van der Waals surface area (Å²) in [6.07, 6.45) is -1.07. The van der Waals surface area contributed by atoms with Crippen molar-refractivity contribution >= 4 is 5.95 Å². The normalized spacial score (nSPS) is 13.3. The van der Waals surface area contributed by atoms with Gasteiger partial charge in [0, 0.05) is 39.0 Å². The van der Waals surface area contributed by atoms with E-state index in [0.29, 0.717) is 25.5 Å². The van der Waals surface area contributed by atoms with Crippen molar-refractivity contribution in [2.45, 2.75) is 39.0 Å². The molecule has 0 aliphatic carbocycles. The maximum absolute atomic E-state index is 12.6. The molecule has 0 radical (unpaired) electrons. The van der Waals surface area contributed by atoms with Gasteiger partial charge in [-0.3, -0.25) is 4.68 Å². The summed E-state index contributed by atoms with van der Waals surface area (Å²) < 4.78 is 40.9. The molecule has 1 atom stereocenters. The van der Waals surface area contributed by atoms with Gasteiger partial charge < -0.3 is 4.90 Å². The summed E-state index contributed by atoms with van der Waals surface area (Å²) in [5, 5.41) is 15.4. The average Bonchev–Trinajstić information content (AvgIpc) is 3.14. The first kappa shape index (κ1) is 17.2. The van der Waals surface area contributed by atoms with Crippen LogP contribution in [0.25, 0.3) is 0 Å². The van der Waals surface area contributed by atoms with Gasteiger partial charge in [-0.25, -0.2) is 4.68 Å². The summed E-state index contributed by atoms with van der Waals surface area (Å²) in [5.41, 5.74) is 0. The van der Waals surface area contributed by atoms with Gasteiger partial charge in [-0.2, -0.15) is 18.3 Å². The van der Waals surface area contributed by atoms with E-state index in [4.69, 9.17) is 0 Å². The molecule has 0 fully saturated rings. The standard InChI is InChI=1S/C13H20F3N7/c1-3-11(9-13(14,15)16)10-23-12(18-19-20-23)21(2)7-8-22-6-4-5-17-22/h4-6,11H,3,7-10H2,1-2H3. The fraction of sp³-hybridized carbons (Fsp3) is 0.692. The van der Waals surface area contributed by atoms with E-state index in [1.54, 1.807) is 24.9 Å². The van der Waals surface area contributed by atoms with Gasteiger partial charge in [0.1, 0.15) is 0 Å². The number of tetrazole rings is 1. The lowest BCUT2D eigenvalue weighted by atomic mass is 10.0. The van der Waals surface area contributed by atoms with Crippen molar-refractivity contribution in [1.29, 1.82) is 0 Å². The van der Waals surface area contributed by atoms with Crippen molar-refractivity contribution in [2.24, 2.45) is 5.92 Å². The maximum atomic E-state index is 12.6. The van der Waals surface area contributed by atoms with Crippen molar-refractivity contribution in [3.8, 4) is 0 Å². The van der Waals surface area contributed by atoms with Crippen LogP contribution in [0.2, 0.25) is 0 Å². The number of rotatable bonds is 8. The molecule has 0 aliphatic rings. The lowest BCUT2D eigenvalue weighted by Crippen LogP contribution is -2.28. The molecule has 2 heterocycles. The van der Waals surface area contributed by atoms with E-state index in [9.17, 15) is 13.2 Å². The number of alkyl halides is 3. The van der Waals surface area contributed by atoms with Gasteiger partial charge in [0.15, 0.2) is 0 Å². The molecular formula is C13H20F3N7. The highest BCUT2D eigenvalue weighted by Crippen LogP contribution is 2.27. The SMILES string of the molecule is CCC(Cn1nnnc1N(C)CCn1cccn1)CC(F)(F)F. The van der Waals surface area contributed by atoms with Crippen LogP contribution in [0, 0.1) is 5.92 Å². The van der Waals surface area contributed by atoms with Crippen LogP contribution in [-0.4, -0.2) is 49.8 Å². The minimum Gasteiger partial charge on any atom is -0.341 e. The van der Waals surface area contributed by atoms with Crippen LogP contribution in [0.1, 0.15) is 19.8 Å². The van der Waals surface area contributed by atoms with Gasteiger partial charge in [0.25, 0.3) is 0 Å². The minimum absolute atomic E-state index is 0.143. The van der Waals surface area contributed by atoms with Gasteiger partial charge in [-0.1, -0.05) is 18.4 Å². The van der Waals surface area contributed by atoms with E-state index in [2.05, 4.69) is 20.6 Å². The number of hydrogen-bond acceptors (Lipinski definition) is 5. The number of aromatic nitrogens is 6. The molecule has 0 bridgehead atoms. The lowest BCUT2D eigenvalue weighted by Gasteiger charge is -2.21. The molecule has 0 aliphatic heterocycles. The summed E-state index contributed by atoms with van der Waals surface area (Å²) >= 11 is 0. The van der Waals surface area contributed by atoms with Crippen molar-refractivity contribution in [2.75, 3.05) is 18.5 Å². The highest BCUT2D eigenvalue weighted by Gasteiger charge is 2.31. The molecule has 0 saturated heterocycles. The Bertz CT molecular complexity index is 579. The molecule has 2 aromatic heterocycles. The van der Waals surface area contributed by atoms with Gasteiger partial charge in [0.05, 0.1) is 6.54 Å². The topological polar surface area (TPSA) is 64.7 Å². The quantitative estimate of drug-likeness (QED) is 0.740. The zero-order valence-corrected chi connectivity index (χ0v) is 13.1. The van der Waals surface area contributed by atoms with Crippen LogP contribution >= 0.6 is 0 Å². The van der Waals surface area contributed by atoms with Gasteiger partial charge in [0.2, 0.25) is 5.95 Å². The molecule has 0 saturated carbocycles. The molecule has 2 rings (SSSR count). The molecule has 1 unspecified atom stereocenters. The molecule has 0 N–H and O–H groups in total. The van der Waals surface area contributed by atoms with E-state index in [1.807, 2.05) is 17.2 Å². The Kier molecular flexibility index (Phi) is 5.56. The zero-order valence-electron chi connectivity index (χ0n) is 13.1. The fourth-order valence-corrected chi connectivity index (χ4v) is 2.29. The average molecular weight is 331 g/mol. The number of hydrogen-bond donors (Lipinski definition) is 0. The van der Waals surface area contributed by atoms with Crippen molar-refractivity contribution in [3.05, 3.63) is 18.5 Å². The van der Waals surface area contributed by atoms with E-state index in [-0.39, 0.29) is 6.54 Å². The largest absolute Gasteiger partial charge is 0.389 e. The molecule has 0 amide bonds. The van der Waals surface area contributed by atoms with E-state index >= 15 is 0 Å². The lowest BCUT2D eigenvalue weighted by molar-refractivity contribution is -0.145. The number of likely N-dealkylation sites (N-methyl/N-ethyl adjacent to an activating group) is 1. The Hall–Kier alpha value is -2.13. The van der Waals surface area contributed by atoms with Crippen LogP contribution in [0.4, 0.5) is 19.1 Å². The van der Waals surface area contributed by atoms with Crippen molar-refractivity contribution < 1.29 is 13.2 Å². The Balaban J connectivity index is 1.97. The summed E-state index contributed by atoms with van der Waals surface area (Å²) in [7, 11) is 1.80. The fourth-order valence-electron chi connectivity index (χ4n) is 2.29. The van der Waals surface area contributed by atoms with Gasteiger partial charge >= 0.3 is 6.18 Å². The first-order valence-corrected chi connectivity index (χ1v) is 7.40. The van der Waals surface area contributed by atoms with E-state index < -0.39 is 18.5 Å². The monoisotopic (exact) mass is 331 g/mol. The number of nitrogens with zero attached hydrogens (tertiary/aromatic N) is 7. The predicted molar refractivity (Wildman–Crippen MR) is 77.8 cm³/mol. The van der Waals surface area contributed by atoms with Crippen LogP contribution in [0.5, 0.6) is 0 Å². The van der Waals surface area contributed by atoms with Crippen LogP contribution in [0.15, 0.2) is 18.5 Å². The molecule has 7 nitrogen and oxygen atoms in total. The van der Waals surface area contributed by atoms with Crippen molar-refractivity contribution in [3.63, 3.8) is 0 Å². The van der Waals surface area contributed by atoms with Crippen LogP contribution in [-0.2, 0) is 13.1 Å². The first-order chi connectivity index (χ1) is 10.9. The van der Waals surface area contributed by atoms with E-state index in [1.165, 1.54) is 4.68 Å². The molecule has 0 aromatic carbocycles. The third kappa shape index (κ3) is 5.22. The van der Waals surface area contributed by atoms with Gasteiger partial charge in [-0.05, 0) is 22.4 Å².